The number of rotatable bonds is 6. The second-order valence-electron chi connectivity index (χ2n) is 6.99. The van der Waals surface area contributed by atoms with Crippen LogP contribution in [0.3, 0.4) is 0 Å². The first kappa shape index (κ1) is 19.7. The summed E-state index contributed by atoms with van der Waals surface area (Å²) in [6.45, 7) is 2.86. The lowest BCUT2D eigenvalue weighted by Crippen LogP contribution is -2.48. The molecule has 0 unspecified atom stereocenters. The number of nitriles is 1. The third-order valence-corrected chi connectivity index (χ3v) is 4.67. The van der Waals surface area contributed by atoms with Crippen LogP contribution in [0.4, 0.5) is 10.2 Å². The van der Waals surface area contributed by atoms with Crippen LogP contribution in [0.25, 0.3) is 11.4 Å². The van der Waals surface area contributed by atoms with E-state index in [2.05, 4.69) is 26.0 Å². The minimum Gasteiger partial charge on any atom is -0.438 e. The molecule has 2 aromatic heterocycles. The minimum absolute atomic E-state index is 0.300. The molecule has 30 heavy (non-hydrogen) atoms. The van der Waals surface area contributed by atoms with Crippen molar-refractivity contribution in [3.05, 3.63) is 53.6 Å². The van der Waals surface area contributed by atoms with Crippen LogP contribution in [-0.2, 0) is 6.42 Å². The largest absolute Gasteiger partial charge is 0.438 e. The van der Waals surface area contributed by atoms with E-state index in [4.69, 9.17) is 10.5 Å². The third-order valence-electron chi connectivity index (χ3n) is 4.67. The van der Waals surface area contributed by atoms with Gasteiger partial charge in [0.05, 0.1) is 30.3 Å². The van der Waals surface area contributed by atoms with Crippen LogP contribution in [0.15, 0.2) is 36.7 Å². The quantitative estimate of drug-likeness (QED) is 0.666. The van der Waals surface area contributed by atoms with Crippen molar-refractivity contribution in [2.75, 3.05) is 24.5 Å². The lowest BCUT2D eigenvalue weighted by Gasteiger charge is -2.35. The van der Waals surface area contributed by atoms with Crippen molar-refractivity contribution in [3.63, 3.8) is 0 Å². The topological polar surface area (TPSA) is 114 Å². The molecule has 8 nitrogen and oxygen atoms in total. The van der Waals surface area contributed by atoms with Crippen LogP contribution in [-0.4, -0.2) is 45.7 Å². The van der Waals surface area contributed by atoms with Crippen LogP contribution in [0, 0.1) is 18.3 Å². The normalized spacial score (nSPS) is 13.6. The molecule has 152 valence electrons. The Balaban J connectivity index is 1.67. The maximum Gasteiger partial charge on any atom is 0.224 e. The lowest BCUT2D eigenvalue weighted by atomic mass is 10.1. The Morgan fingerprint density at radius 2 is 2.00 bits per heavy atom. The van der Waals surface area contributed by atoms with Gasteiger partial charge in [-0.25, -0.2) is 19.3 Å². The SMILES string of the molecule is Cc1nc(Oc2cc(C#N)ccc2-c2ncc(CCN)cn2)cc(N2CC(F)C2)n1. The molecule has 3 heterocycles. The molecule has 1 aromatic carbocycles. The molecule has 1 aliphatic rings. The number of aromatic nitrogens is 4. The van der Waals surface area contributed by atoms with Gasteiger partial charge in [-0.2, -0.15) is 10.2 Å². The van der Waals surface area contributed by atoms with Gasteiger partial charge in [-0.15, -0.1) is 0 Å². The number of aryl methyl sites for hydroxylation is 1. The van der Waals surface area contributed by atoms with Gasteiger partial charge in [0, 0.05) is 18.5 Å². The summed E-state index contributed by atoms with van der Waals surface area (Å²) in [4.78, 5) is 19.3. The Labute approximate surface area is 173 Å². The van der Waals surface area contributed by atoms with Crippen molar-refractivity contribution in [1.82, 2.24) is 19.9 Å². The van der Waals surface area contributed by atoms with E-state index >= 15 is 0 Å². The maximum atomic E-state index is 13.2. The Kier molecular flexibility index (Phi) is 5.50. The zero-order valence-electron chi connectivity index (χ0n) is 16.4. The van der Waals surface area contributed by atoms with Gasteiger partial charge < -0.3 is 15.4 Å². The highest BCUT2D eigenvalue weighted by Gasteiger charge is 2.28. The fraction of sp³-hybridized carbons (Fsp3) is 0.286. The number of hydrogen-bond donors (Lipinski definition) is 1. The molecule has 3 aromatic rings. The molecule has 4 rings (SSSR count). The van der Waals surface area contributed by atoms with E-state index in [0.717, 1.165) is 5.56 Å². The molecule has 0 radical (unpaired) electrons. The molecule has 0 atom stereocenters. The van der Waals surface area contributed by atoms with Gasteiger partial charge >= 0.3 is 0 Å². The first-order valence-electron chi connectivity index (χ1n) is 9.54. The third kappa shape index (κ3) is 4.18. The Hall–Kier alpha value is -3.64. The molecule has 0 aliphatic carbocycles. The zero-order chi connectivity index (χ0) is 21.1. The van der Waals surface area contributed by atoms with Crippen LogP contribution in [0.2, 0.25) is 0 Å². The number of nitrogens with two attached hydrogens (primary N) is 1. The second-order valence-corrected chi connectivity index (χ2v) is 6.99. The molecular weight excluding hydrogens is 385 g/mol. The van der Waals surface area contributed by atoms with Crippen LogP contribution in [0.1, 0.15) is 17.0 Å². The molecule has 0 bridgehead atoms. The number of hydrogen-bond acceptors (Lipinski definition) is 8. The number of alkyl halides is 1. The van der Waals surface area contributed by atoms with Crippen molar-refractivity contribution in [3.8, 4) is 29.1 Å². The molecule has 1 fully saturated rings. The monoisotopic (exact) mass is 405 g/mol. The first-order chi connectivity index (χ1) is 14.6. The summed E-state index contributed by atoms with van der Waals surface area (Å²) in [5.74, 6) is 2.27. The smallest absolute Gasteiger partial charge is 0.224 e. The molecule has 0 saturated carbocycles. The van der Waals surface area contributed by atoms with E-state index in [1.165, 1.54) is 0 Å². The van der Waals surface area contributed by atoms with Crippen molar-refractivity contribution >= 4 is 5.82 Å². The number of nitrogens with zero attached hydrogens (tertiary/aromatic N) is 6. The predicted molar refractivity (Wildman–Crippen MR) is 109 cm³/mol. The highest BCUT2D eigenvalue weighted by atomic mass is 19.1. The summed E-state index contributed by atoms with van der Waals surface area (Å²) >= 11 is 0. The van der Waals surface area contributed by atoms with E-state index in [-0.39, 0.29) is 0 Å². The standard InChI is InChI=1S/C21H20FN7O/c1-13-27-19(29-11-16(22)12-29)7-20(28-13)30-18-6-14(8-24)2-3-17(18)21-25-9-15(4-5-23)10-26-21/h2-3,6-7,9-10,16H,4-5,11-12,23H2,1H3. The summed E-state index contributed by atoms with van der Waals surface area (Å²) in [6.07, 6.45) is 3.29. The van der Waals surface area contributed by atoms with Gasteiger partial charge in [-0.3, -0.25) is 0 Å². The minimum atomic E-state index is -0.844. The van der Waals surface area contributed by atoms with E-state index in [0.29, 0.717) is 66.3 Å². The van der Waals surface area contributed by atoms with Gasteiger partial charge in [-0.05, 0) is 43.7 Å². The summed E-state index contributed by atoms with van der Waals surface area (Å²) in [5, 5.41) is 9.29. The summed E-state index contributed by atoms with van der Waals surface area (Å²) in [5.41, 5.74) is 7.57. The van der Waals surface area contributed by atoms with E-state index in [9.17, 15) is 9.65 Å². The van der Waals surface area contributed by atoms with Gasteiger partial charge in [-0.1, -0.05) is 0 Å². The van der Waals surface area contributed by atoms with Crippen molar-refractivity contribution in [1.29, 1.82) is 5.26 Å². The maximum absolute atomic E-state index is 13.2. The van der Waals surface area contributed by atoms with Gasteiger partial charge in [0.2, 0.25) is 5.88 Å². The van der Waals surface area contributed by atoms with Crippen LogP contribution in [0.5, 0.6) is 11.6 Å². The highest BCUT2D eigenvalue weighted by molar-refractivity contribution is 5.66. The molecule has 1 aliphatic heterocycles. The van der Waals surface area contributed by atoms with E-state index in [1.54, 1.807) is 43.6 Å². The first-order valence-corrected chi connectivity index (χ1v) is 9.54. The molecule has 1 saturated heterocycles. The average molecular weight is 405 g/mol. The van der Waals surface area contributed by atoms with Crippen molar-refractivity contribution in [2.45, 2.75) is 19.5 Å². The fourth-order valence-corrected chi connectivity index (χ4v) is 3.11. The summed E-state index contributed by atoms with van der Waals surface area (Å²) < 4.78 is 19.3. The zero-order valence-corrected chi connectivity index (χ0v) is 16.4. The molecule has 0 amide bonds. The molecule has 2 N–H and O–H groups in total. The van der Waals surface area contributed by atoms with Crippen LogP contribution < -0.4 is 15.4 Å². The fourth-order valence-electron chi connectivity index (χ4n) is 3.11. The average Bonchev–Trinajstić information content (AvgIpc) is 2.72. The molecular formula is C21H20FN7O. The Morgan fingerprint density at radius 1 is 1.23 bits per heavy atom. The summed E-state index contributed by atoms with van der Waals surface area (Å²) in [7, 11) is 0. The van der Waals surface area contributed by atoms with E-state index < -0.39 is 6.17 Å². The second kappa shape index (κ2) is 8.39. The number of ether oxygens (including phenoxy) is 1. The van der Waals surface area contributed by atoms with Gasteiger partial charge in [0.1, 0.15) is 23.6 Å². The predicted octanol–water partition coefficient (Wildman–Crippen LogP) is 2.57. The Morgan fingerprint density at radius 3 is 2.67 bits per heavy atom. The van der Waals surface area contributed by atoms with Crippen molar-refractivity contribution < 1.29 is 9.13 Å². The van der Waals surface area contributed by atoms with Gasteiger partial charge in [0.25, 0.3) is 0 Å². The van der Waals surface area contributed by atoms with Crippen molar-refractivity contribution in [2.24, 2.45) is 5.73 Å². The molecule has 0 spiro atoms. The molecule has 9 heteroatoms. The number of halogens is 1. The summed E-state index contributed by atoms with van der Waals surface area (Å²) in [6, 6.07) is 8.80. The van der Waals surface area contributed by atoms with Crippen LogP contribution >= 0.6 is 0 Å². The Bertz CT molecular complexity index is 1090. The number of anilines is 1. The highest BCUT2D eigenvalue weighted by Crippen LogP contribution is 2.33. The lowest BCUT2D eigenvalue weighted by molar-refractivity contribution is 0.273. The van der Waals surface area contributed by atoms with Gasteiger partial charge in [0.15, 0.2) is 5.82 Å². The number of benzene rings is 1. The van der Waals surface area contributed by atoms with E-state index in [1.807, 2.05) is 4.90 Å².